The Morgan fingerprint density at radius 1 is 1.41 bits per heavy atom. The molecule has 0 aromatic heterocycles. The molecule has 2 N–H and O–H groups in total. The van der Waals surface area contributed by atoms with Gasteiger partial charge in [-0.3, -0.25) is 0 Å². The van der Waals surface area contributed by atoms with E-state index < -0.39 is 15.6 Å². The number of halogens is 1. The molecule has 7 heteroatoms. The van der Waals surface area contributed by atoms with E-state index in [4.69, 9.17) is 0 Å². The first-order valence-electron chi connectivity index (χ1n) is 4.93. The Kier molecular flexibility index (Phi) is 2.97. The van der Waals surface area contributed by atoms with Crippen LogP contribution < -0.4 is 0 Å². The van der Waals surface area contributed by atoms with Gasteiger partial charge in [-0.25, -0.2) is 8.42 Å². The lowest BCUT2D eigenvalue weighted by molar-refractivity contribution is -0.0426. The summed E-state index contributed by atoms with van der Waals surface area (Å²) in [5.41, 5.74) is -0.943. The van der Waals surface area contributed by atoms with Gasteiger partial charge in [-0.15, -0.1) is 0 Å². The Morgan fingerprint density at radius 3 is 2.47 bits per heavy atom. The van der Waals surface area contributed by atoms with Crippen LogP contribution in [-0.4, -0.2) is 41.6 Å². The molecule has 0 saturated carbocycles. The van der Waals surface area contributed by atoms with Gasteiger partial charge in [0.1, 0.15) is 5.75 Å². The second-order valence-electron chi connectivity index (χ2n) is 4.38. The number of hydrogen-bond donors (Lipinski definition) is 2. The monoisotopic (exact) mass is 321 g/mol. The van der Waals surface area contributed by atoms with Crippen molar-refractivity contribution in [3.63, 3.8) is 0 Å². The molecule has 94 valence electrons. The molecule has 0 spiro atoms. The quantitative estimate of drug-likeness (QED) is 0.848. The Morgan fingerprint density at radius 2 is 2.00 bits per heavy atom. The van der Waals surface area contributed by atoms with E-state index in [1.54, 1.807) is 6.92 Å². The zero-order valence-corrected chi connectivity index (χ0v) is 11.5. The molecule has 0 amide bonds. The smallest absolute Gasteiger partial charge is 0.243 e. The Bertz CT molecular complexity index is 547. The SMILES string of the molecule is CC1(O)CN(S(=O)(=O)c2ccc(O)c(Br)c2)C1. The van der Waals surface area contributed by atoms with Crippen LogP contribution in [0.1, 0.15) is 6.92 Å². The highest BCUT2D eigenvalue weighted by molar-refractivity contribution is 9.10. The lowest BCUT2D eigenvalue weighted by Crippen LogP contribution is -2.61. The summed E-state index contributed by atoms with van der Waals surface area (Å²) in [6.07, 6.45) is 0. The zero-order chi connectivity index (χ0) is 12.8. The largest absolute Gasteiger partial charge is 0.507 e. The number of β-amino-alcohol motifs (C(OH)–C–C–N with tert-alkyl or cyclic N) is 1. The Labute approximate surface area is 108 Å². The van der Waals surface area contributed by atoms with E-state index in [1.807, 2.05) is 0 Å². The van der Waals surface area contributed by atoms with Crippen LogP contribution in [0, 0.1) is 0 Å². The summed E-state index contributed by atoms with van der Waals surface area (Å²) in [5.74, 6) is -0.0143. The van der Waals surface area contributed by atoms with Crippen LogP contribution in [0.2, 0.25) is 0 Å². The fourth-order valence-electron chi connectivity index (χ4n) is 1.68. The number of rotatable bonds is 2. The maximum atomic E-state index is 12.1. The number of aliphatic hydroxyl groups is 1. The molecule has 17 heavy (non-hydrogen) atoms. The van der Waals surface area contributed by atoms with E-state index in [-0.39, 0.29) is 23.7 Å². The normalized spacial score (nSPS) is 19.9. The van der Waals surface area contributed by atoms with E-state index in [0.29, 0.717) is 4.47 Å². The molecule has 1 aliphatic heterocycles. The summed E-state index contributed by atoms with van der Waals surface area (Å²) in [4.78, 5) is 0.0951. The number of benzene rings is 1. The zero-order valence-electron chi connectivity index (χ0n) is 9.09. The van der Waals surface area contributed by atoms with Crippen LogP contribution in [0.5, 0.6) is 5.75 Å². The number of phenols is 1. The van der Waals surface area contributed by atoms with Crippen molar-refractivity contribution in [3.8, 4) is 5.75 Å². The summed E-state index contributed by atoms with van der Waals surface area (Å²) in [5, 5.41) is 18.8. The van der Waals surface area contributed by atoms with Crippen molar-refractivity contribution in [2.75, 3.05) is 13.1 Å². The Balaban J connectivity index is 2.30. The van der Waals surface area contributed by atoms with Crippen molar-refractivity contribution in [1.29, 1.82) is 0 Å². The summed E-state index contributed by atoms with van der Waals surface area (Å²) in [7, 11) is -3.58. The predicted octanol–water partition coefficient (Wildman–Crippen LogP) is 0.910. The minimum Gasteiger partial charge on any atom is -0.507 e. The molecule has 0 unspecified atom stereocenters. The predicted molar refractivity (Wildman–Crippen MR) is 65.2 cm³/mol. The minimum absolute atomic E-state index is 0.0143. The molecule has 1 heterocycles. The third-order valence-corrected chi connectivity index (χ3v) is 5.01. The van der Waals surface area contributed by atoms with E-state index in [1.165, 1.54) is 22.5 Å². The van der Waals surface area contributed by atoms with Crippen molar-refractivity contribution in [2.24, 2.45) is 0 Å². The molecule has 0 bridgehead atoms. The molecular weight excluding hydrogens is 310 g/mol. The first-order valence-corrected chi connectivity index (χ1v) is 7.17. The highest BCUT2D eigenvalue weighted by Gasteiger charge is 2.43. The van der Waals surface area contributed by atoms with Crippen molar-refractivity contribution >= 4 is 26.0 Å². The molecule has 2 rings (SSSR count). The Hall–Kier alpha value is -0.630. The molecule has 5 nitrogen and oxygen atoms in total. The number of sulfonamides is 1. The van der Waals surface area contributed by atoms with Gasteiger partial charge in [-0.2, -0.15) is 4.31 Å². The number of phenolic OH excluding ortho intramolecular Hbond substituents is 1. The van der Waals surface area contributed by atoms with Gasteiger partial charge in [0.05, 0.1) is 15.0 Å². The molecule has 1 fully saturated rings. The summed E-state index contributed by atoms with van der Waals surface area (Å²) >= 11 is 3.07. The molecule has 1 aromatic rings. The van der Waals surface area contributed by atoms with Gasteiger partial charge < -0.3 is 10.2 Å². The third kappa shape index (κ3) is 2.33. The van der Waals surface area contributed by atoms with Gasteiger partial charge in [0.2, 0.25) is 10.0 Å². The van der Waals surface area contributed by atoms with Crippen molar-refractivity contribution < 1.29 is 18.6 Å². The lowest BCUT2D eigenvalue weighted by Gasteiger charge is -2.42. The fourth-order valence-corrected chi connectivity index (χ4v) is 3.91. The van der Waals surface area contributed by atoms with E-state index in [9.17, 15) is 18.6 Å². The van der Waals surface area contributed by atoms with Gasteiger partial charge in [0.25, 0.3) is 0 Å². The average molecular weight is 322 g/mol. The van der Waals surface area contributed by atoms with Crippen LogP contribution in [-0.2, 0) is 10.0 Å². The average Bonchev–Trinajstić information content (AvgIpc) is 2.18. The van der Waals surface area contributed by atoms with Gasteiger partial charge in [0, 0.05) is 13.1 Å². The molecule has 0 aliphatic carbocycles. The maximum absolute atomic E-state index is 12.1. The standard InChI is InChI=1S/C10H12BrNO4S/c1-10(14)5-12(6-10)17(15,16)7-2-3-9(13)8(11)4-7/h2-4,13-14H,5-6H2,1H3. The minimum atomic E-state index is -3.58. The van der Waals surface area contributed by atoms with Crippen molar-refractivity contribution in [2.45, 2.75) is 17.4 Å². The van der Waals surface area contributed by atoms with Gasteiger partial charge >= 0.3 is 0 Å². The van der Waals surface area contributed by atoms with E-state index in [0.717, 1.165) is 0 Å². The maximum Gasteiger partial charge on any atom is 0.243 e. The van der Waals surface area contributed by atoms with E-state index in [2.05, 4.69) is 15.9 Å². The molecule has 1 aromatic carbocycles. The second kappa shape index (κ2) is 3.94. The second-order valence-corrected chi connectivity index (χ2v) is 7.18. The van der Waals surface area contributed by atoms with Crippen LogP contribution in [0.4, 0.5) is 0 Å². The number of hydrogen-bond acceptors (Lipinski definition) is 4. The van der Waals surface area contributed by atoms with Crippen molar-refractivity contribution in [1.82, 2.24) is 4.31 Å². The van der Waals surface area contributed by atoms with Gasteiger partial charge in [0.15, 0.2) is 0 Å². The third-order valence-electron chi connectivity index (χ3n) is 2.59. The topological polar surface area (TPSA) is 77.8 Å². The summed E-state index contributed by atoms with van der Waals surface area (Å²) in [6, 6.07) is 4.00. The highest BCUT2D eigenvalue weighted by Crippen LogP contribution is 2.31. The molecule has 0 atom stereocenters. The van der Waals surface area contributed by atoms with Gasteiger partial charge in [-0.1, -0.05) is 0 Å². The van der Waals surface area contributed by atoms with Crippen LogP contribution in [0.25, 0.3) is 0 Å². The lowest BCUT2D eigenvalue weighted by atomic mass is 10.0. The summed E-state index contributed by atoms with van der Waals surface area (Å²) < 4.78 is 25.7. The molecular formula is C10H12BrNO4S. The number of aromatic hydroxyl groups is 1. The number of nitrogens with zero attached hydrogens (tertiary/aromatic N) is 1. The van der Waals surface area contributed by atoms with Crippen LogP contribution in [0.3, 0.4) is 0 Å². The first kappa shape index (κ1) is 12.8. The van der Waals surface area contributed by atoms with Gasteiger partial charge in [-0.05, 0) is 41.1 Å². The van der Waals surface area contributed by atoms with E-state index >= 15 is 0 Å². The summed E-state index contributed by atoms with van der Waals surface area (Å²) in [6.45, 7) is 1.77. The molecule has 1 aliphatic rings. The van der Waals surface area contributed by atoms with Crippen LogP contribution in [0.15, 0.2) is 27.6 Å². The molecule has 0 radical (unpaired) electrons. The van der Waals surface area contributed by atoms with Crippen LogP contribution >= 0.6 is 15.9 Å². The fraction of sp³-hybridized carbons (Fsp3) is 0.400. The molecule has 1 saturated heterocycles. The van der Waals surface area contributed by atoms with Crippen molar-refractivity contribution in [3.05, 3.63) is 22.7 Å². The first-order chi connectivity index (χ1) is 7.72. The highest BCUT2D eigenvalue weighted by atomic mass is 79.9.